The van der Waals surface area contributed by atoms with Crippen LogP contribution in [0.15, 0.2) is 53.1 Å². The molecule has 0 spiro atoms. The van der Waals surface area contributed by atoms with E-state index in [0.717, 1.165) is 23.1 Å². The molecule has 1 saturated heterocycles. The van der Waals surface area contributed by atoms with Crippen LogP contribution < -0.4 is 4.90 Å². The van der Waals surface area contributed by atoms with E-state index in [-0.39, 0.29) is 18.9 Å². The van der Waals surface area contributed by atoms with E-state index in [4.69, 9.17) is 9.15 Å². The third-order valence-corrected chi connectivity index (χ3v) is 5.67. The first-order valence-corrected chi connectivity index (χ1v) is 10.5. The molecular formula is C24H23F3N2O4. The molecule has 2 heterocycles. The Labute approximate surface area is 188 Å². The highest BCUT2D eigenvalue weighted by Gasteiger charge is 2.31. The quantitative estimate of drug-likeness (QED) is 0.535. The van der Waals surface area contributed by atoms with Gasteiger partial charge in [-0.3, -0.25) is 9.59 Å². The lowest BCUT2D eigenvalue weighted by Crippen LogP contribution is -2.50. The zero-order chi connectivity index (χ0) is 23.6. The number of ether oxygens (including phenoxy) is 1. The molecule has 9 heteroatoms. The number of carbonyl (C=O) groups is 2. The minimum Gasteiger partial charge on any atom is -0.464 e. The first-order chi connectivity index (χ1) is 15.7. The predicted molar refractivity (Wildman–Crippen MR) is 116 cm³/mol. The van der Waals surface area contributed by atoms with E-state index in [1.54, 1.807) is 15.9 Å². The van der Waals surface area contributed by atoms with Crippen molar-refractivity contribution in [3.63, 3.8) is 0 Å². The number of hydrogen-bond donors (Lipinski definition) is 0. The molecule has 1 aliphatic heterocycles. The number of piperazine rings is 1. The van der Waals surface area contributed by atoms with Crippen molar-refractivity contribution in [1.82, 2.24) is 4.90 Å². The number of amides is 1. The molecule has 3 aromatic rings. The van der Waals surface area contributed by atoms with Gasteiger partial charge < -0.3 is 19.0 Å². The van der Waals surface area contributed by atoms with Gasteiger partial charge in [-0.25, -0.2) is 0 Å². The zero-order valence-corrected chi connectivity index (χ0v) is 18.0. The van der Waals surface area contributed by atoms with Gasteiger partial charge in [0.1, 0.15) is 5.58 Å². The number of alkyl halides is 3. The first-order valence-electron chi connectivity index (χ1n) is 10.5. The van der Waals surface area contributed by atoms with Gasteiger partial charge in [-0.05, 0) is 36.8 Å². The van der Waals surface area contributed by atoms with Gasteiger partial charge in [0.25, 0.3) is 5.91 Å². The standard InChI is InChI=1S/C24H23F3N2O4/c1-16-5-6-20-17(14-32-21(20)11-16)12-23(31)33-15-22(30)29-9-7-28(8-10-29)19-4-2-3-18(13-19)24(25,26)27/h2-6,11,13-14H,7-10,12,15H2,1H3. The van der Waals surface area contributed by atoms with E-state index in [1.165, 1.54) is 12.3 Å². The number of rotatable bonds is 5. The van der Waals surface area contributed by atoms with Crippen LogP contribution in [0.25, 0.3) is 11.0 Å². The summed E-state index contributed by atoms with van der Waals surface area (Å²) < 4.78 is 49.5. The Kier molecular flexibility index (Phi) is 6.31. The molecule has 0 aliphatic carbocycles. The van der Waals surface area contributed by atoms with Crippen molar-refractivity contribution in [2.45, 2.75) is 19.5 Å². The molecule has 0 bridgehead atoms. The third-order valence-electron chi connectivity index (χ3n) is 5.67. The molecule has 0 unspecified atom stereocenters. The molecule has 174 valence electrons. The van der Waals surface area contributed by atoms with Crippen molar-refractivity contribution in [3.8, 4) is 0 Å². The van der Waals surface area contributed by atoms with E-state index in [2.05, 4.69) is 0 Å². The third kappa shape index (κ3) is 5.30. The number of fused-ring (bicyclic) bond motifs is 1. The maximum absolute atomic E-state index is 12.9. The van der Waals surface area contributed by atoms with Crippen LogP contribution in [-0.2, 0) is 26.9 Å². The largest absolute Gasteiger partial charge is 0.464 e. The fraction of sp³-hybridized carbons (Fsp3) is 0.333. The van der Waals surface area contributed by atoms with Crippen molar-refractivity contribution < 1.29 is 31.9 Å². The summed E-state index contributed by atoms with van der Waals surface area (Å²) in [6, 6.07) is 10.8. The molecule has 1 fully saturated rings. The number of esters is 1. The fourth-order valence-electron chi connectivity index (χ4n) is 3.86. The summed E-state index contributed by atoms with van der Waals surface area (Å²) in [5.41, 5.74) is 2.19. The highest BCUT2D eigenvalue weighted by atomic mass is 19.4. The van der Waals surface area contributed by atoms with E-state index in [0.29, 0.717) is 43.0 Å². The maximum Gasteiger partial charge on any atom is 0.416 e. The molecule has 33 heavy (non-hydrogen) atoms. The SMILES string of the molecule is Cc1ccc2c(CC(=O)OCC(=O)N3CCN(c4cccc(C(F)(F)F)c4)CC3)coc2c1. The zero-order valence-electron chi connectivity index (χ0n) is 18.0. The Balaban J connectivity index is 1.26. The van der Waals surface area contributed by atoms with Crippen LogP contribution in [0.2, 0.25) is 0 Å². The molecule has 1 aromatic heterocycles. The maximum atomic E-state index is 12.9. The number of furan rings is 1. The van der Waals surface area contributed by atoms with Gasteiger partial charge in [0, 0.05) is 42.8 Å². The molecule has 0 radical (unpaired) electrons. The summed E-state index contributed by atoms with van der Waals surface area (Å²) >= 11 is 0. The molecule has 0 saturated carbocycles. The second-order valence-electron chi connectivity index (χ2n) is 8.01. The van der Waals surface area contributed by atoms with Gasteiger partial charge in [-0.2, -0.15) is 13.2 Å². The van der Waals surface area contributed by atoms with Crippen LogP contribution in [0, 0.1) is 6.92 Å². The highest BCUT2D eigenvalue weighted by molar-refractivity contribution is 5.87. The Bertz CT molecular complexity index is 1160. The molecule has 1 aliphatic rings. The molecule has 4 rings (SSSR count). The second-order valence-corrected chi connectivity index (χ2v) is 8.01. The van der Waals surface area contributed by atoms with Crippen molar-refractivity contribution in [2.75, 3.05) is 37.7 Å². The van der Waals surface area contributed by atoms with Crippen molar-refractivity contribution in [1.29, 1.82) is 0 Å². The van der Waals surface area contributed by atoms with Gasteiger partial charge in [-0.1, -0.05) is 18.2 Å². The van der Waals surface area contributed by atoms with Gasteiger partial charge in [-0.15, -0.1) is 0 Å². The summed E-state index contributed by atoms with van der Waals surface area (Å²) in [4.78, 5) is 28.0. The van der Waals surface area contributed by atoms with Gasteiger partial charge in [0.15, 0.2) is 6.61 Å². The number of anilines is 1. The van der Waals surface area contributed by atoms with E-state index < -0.39 is 17.7 Å². The average molecular weight is 460 g/mol. The Morgan fingerprint density at radius 2 is 1.82 bits per heavy atom. The normalized spacial score (nSPS) is 14.5. The van der Waals surface area contributed by atoms with Crippen molar-refractivity contribution >= 4 is 28.5 Å². The number of nitrogens with zero attached hydrogens (tertiary/aromatic N) is 2. The van der Waals surface area contributed by atoms with Gasteiger partial charge in [0.05, 0.1) is 18.2 Å². The molecule has 0 atom stereocenters. The van der Waals surface area contributed by atoms with Crippen LogP contribution in [0.3, 0.4) is 0 Å². The Hall–Kier alpha value is -3.49. The van der Waals surface area contributed by atoms with Crippen LogP contribution in [0.4, 0.5) is 18.9 Å². The smallest absolute Gasteiger partial charge is 0.416 e. The second kappa shape index (κ2) is 9.17. The van der Waals surface area contributed by atoms with Crippen molar-refractivity contribution in [2.24, 2.45) is 0 Å². The van der Waals surface area contributed by atoms with Crippen LogP contribution >= 0.6 is 0 Å². The topological polar surface area (TPSA) is 63.0 Å². The number of halogens is 3. The first kappa shape index (κ1) is 22.7. The van der Waals surface area contributed by atoms with Crippen LogP contribution in [-0.4, -0.2) is 49.6 Å². The number of benzene rings is 2. The lowest BCUT2D eigenvalue weighted by molar-refractivity contribution is -0.151. The minimum absolute atomic E-state index is 0.00728. The molecule has 2 aromatic carbocycles. The summed E-state index contributed by atoms with van der Waals surface area (Å²) in [6.45, 7) is 3.01. The van der Waals surface area contributed by atoms with Gasteiger partial charge in [0.2, 0.25) is 0 Å². The Morgan fingerprint density at radius 3 is 2.55 bits per heavy atom. The van der Waals surface area contributed by atoms with Gasteiger partial charge >= 0.3 is 12.1 Å². The van der Waals surface area contributed by atoms with Crippen molar-refractivity contribution in [3.05, 3.63) is 65.4 Å². The minimum atomic E-state index is -4.40. The summed E-state index contributed by atoms with van der Waals surface area (Å²) in [6.07, 6.45) is -2.90. The molecule has 0 N–H and O–H groups in total. The average Bonchev–Trinajstić information content (AvgIpc) is 3.18. The predicted octanol–water partition coefficient (Wildman–Crippen LogP) is 4.19. The molecular weight excluding hydrogens is 437 g/mol. The van der Waals surface area contributed by atoms with E-state index in [1.807, 2.05) is 25.1 Å². The highest BCUT2D eigenvalue weighted by Crippen LogP contribution is 2.32. The lowest BCUT2D eigenvalue weighted by Gasteiger charge is -2.36. The van der Waals surface area contributed by atoms with E-state index in [9.17, 15) is 22.8 Å². The Morgan fingerprint density at radius 1 is 1.06 bits per heavy atom. The number of aryl methyl sites for hydroxylation is 1. The molecule has 6 nitrogen and oxygen atoms in total. The number of carbonyl (C=O) groups excluding carboxylic acids is 2. The van der Waals surface area contributed by atoms with E-state index >= 15 is 0 Å². The fourth-order valence-corrected chi connectivity index (χ4v) is 3.86. The number of hydrogen-bond acceptors (Lipinski definition) is 5. The summed E-state index contributed by atoms with van der Waals surface area (Å²) in [7, 11) is 0. The van der Waals surface area contributed by atoms with Crippen LogP contribution in [0.1, 0.15) is 16.7 Å². The summed E-state index contributed by atoms with van der Waals surface area (Å²) in [5.74, 6) is -0.867. The molecule has 1 amide bonds. The van der Waals surface area contributed by atoms with Crippen LogP contribution in [0.5, 0.6) is 0 Å². The monoisotopic (exact) mass is 460 g/mol. The summed E-state index contributed by atoms with van der Waals surface area (Å²) in [5, 5.41) is 0.828. The lowest BCUT2D eigenvalue weighted by atomic mass is 10.1.